The minimum absolute atomic E-state index is 0.0438. The number of aliphatic imine (C=N–C) groups is 1. The van der Waals surface area contributed by atoms with Gasteiger partial charge in [-0.1, -0.05) is 30.3 Å². The Morgan fingerprint density at radius 2 is 1.83 bits per heavy atom. The van der Waals surface area contributed by atoms with Crippen molar-refractivity contribution < 1.29 is 26.4 Å². The van der Waals surface area contributed by atoms with Crippen LogP contribution in [-0.2, 0) is 21.2 Å². The lowest BCUT2D eigenvalue weighted by atomic mass is 10.1. The van der Waals surface area contributed by atoms with E-state index in [1.807, 2.05) is 30.3 Å². The first-order valence-corrected chi connectivity index (χ1v) is 10.2. The van der Waals surface area contributed by atoms with E-state index in [2.05, 4.69) is 4.99 Å². The second-order valence-corrected chi connectivity index (χ2v) is 8.65. The molecule has 1 amide bonds. The average Bonchev–Trinajstić information content (AvgIpc) is 3.34. The van der Waals surface area contributed by atoms with Crippen LogP contribution in [0, 0.1) is 0 Å². The van der Waals surface area contributed by atoms with Crippen LogP contribution in [-0.4, -0.2) is 44.2 Å². The van der Waals surface area contributed by atoms with Gasteiger partial charge in [-0.05, 0) is 35.7 Å². The summed E-state index contributed by atoms with van der Waals surface area (Å²) in [7, 11) is -3.91. The van der Waals surface area contributed by atoms with E-state index in [1.165, 1.54) is 24.5 Å². The van der Waals surface area contributed by atoms with E-state index in [1.54, 1.807) is 0 Å². The van der Waals surface area contributed by atoms with Crippen LogP contribution in [0.4, 0.5) is 18.9 Å². The number of benzene rings is 2. The number of fused-ring (bicyclic) bond motifs is 1. The highest BCUT2D eigenvalue weighted by Crippen LogP contribution is 2.34. The van der Waals surface area contributed by atoms with E-state index in [9.17, 15) is 26.4 Å². The molecule has 0 N–H and O–H groups in total. The zero-order valence-corrected chi connectivity index (χ0v) is 15.8. The van der Waals surface area contributed by atoms with E-state index >= 15 is 0 Å². The summed E-state index contributed by atoms with van der Waals surface area (Å²) in [5.74, 6) is -1.95. The highest BCUT2D eigenvalue weighted by Gasteiger charge is 2.45. The van der Waals surface area contributed by atoms with Gasteiger partial charge in [0.2, 0.25) is 0 Å². The molecule has 10 heteroatoms. The summed E-state index contributed by atoms with van der Waals surface area (Å²) in [6.45, 7) is 0.000543. The molecule has 2 heterocycles. The van der Waals surface area contributed by atoms with Crippen LogP contribution < -0.4 is 4.90 Å². The smallest absolute Gasteiger partial charge is 0.304 e. The van der Waals surface area contributed by atoms with Gasteiger partial charge >= 0.3 is 12.1 Å². The van der Waals surface area contributed by atoms with Crippen molar-refractivity contribution in [2.75, 3.05) is 18.0 Å². The fraction of sp³-hybridized carbons (Fsp3) is 0.263. The van der Waals surface area contributed by atoms with Crippen LogP contribution in [0.15, 0.2) is 58.4 Å². The van der Waals surface area contributed by atoms with Crippen molar-refractivity contribution in [2.45, 2.75) is 23.5 Å². The Morgan fingerprint density at radius 3 is 2.52 bits per heavy atom. The normalized spacial score (nSPS) is 18.9. The van der Waals surface area contributed by atoms with Gasteiger partial charge in [0.15, 0.2) is 0 Å². The zero-order valence-electron chi connectivity index (χ0n) is 15.0. The number of hydrogen-bond donors (Lipinski definition) is 0. The third-order valence-electron chi connectivity index (χ3n) is 4.95. The van der Waals surface area contributed by atoms with Gasteiger partial charge in [-0.3, -0.25) is 14.1 Å². The number of carbonyl (C=O) groups excluding carboxylic acids is 1. The summed E-state index contributed by atoms with van der Waals surface area (Å²) in [4.78, 5) is 16.4. The Hall–Kier alpha value is -2.88. The van der Waals surface area contributed by atoms with Gasteiger partial charge in [0.25, 0.3) is 10.0 Å². The van der Waals surface area contributed by atoms with Crippen molar-refractivity contribution in [3.63, 3.8) is 0 Å². The third-order valence-corrected chi connectivity index (χ3v) is 6.66. The van der Waals surface area contributed by atoms with Crippen molar-refractivity contribution >= 4 is 28.0 Å². The molecule has 6 nitrogen and oxygen atoms in total. The molecule has 0 bridgehead atoms. The van der Waals surface area contributed by atoms with Gasteiger partial charge in [0, 0.05) is 12.2 Å². The standard InChI is InChI=1S/C19H16F3N3O3S/c20-19(21,22)18(26)25-9-8-14-10-15(6-7-17(14)25)29(27,28)24-11-16(23-12-24)13-4-2-1-3-5-13/h1-7,10,12,16H,8-9,11H2. The molecule has 2 aliphatic rings. The fourth-order valence-electron chi connectivity index (χ4n) is 3.48. The van der Waals surface area contributed by atoms with Gasteiger partial charge in [0.05, 0.1) is 17.5 Å². The molecule has 0 fully saturated rings. The number of amides is 1. The van der Waals surface area contributed by atoms with Crippen molar-refractivity contribution in [3.8, 4) is 0 Å². The molecule has 2 aliphatic heterocycles. The second kappa shape index (κ2) is 6.87. The predicted molar refractivity (Wildman–Crippen MR) is 100 cm³/mol. The lowest BCUT2D eigenvalue weighted by Gasteiger charge is -2.20. The van der Waals surface area contributed by atoms with Crippen molar-refractivity contribution in [3.05, 3.63) is 59.7 Å². The summed E-state index contributed by atoms with van der Waals surface area (Å²) in [5, 5.41) is 0. The molecule has 0 saturated carbocycles. The lowest BCUT2D eigenvalue weighted by molar-refractivity contribution is -0.170. The monoisotopic (exact) mass is 423 g/mol. The Morgan fingerprint density at radius 1 is 1.10 bits per heavy atom. The first-order valence-electron chi connectivity index (χ1n) is 8.79. The Labute approximate surface area is 165 Å². The summed E-state index contributed by atoms with van der Waals surface area (Å²) in [6.07, 6.45) is -3.56. The van der Waals surface area contributed by atoms with Crippen molar-refractivity contribution in [2.24, 2.45) is 4.99 Å². The zero-order chi connectivity index (χ0) is 20.8. The fourth-order valence-corrected chi connectivity index (χ4v) is 4.80. The number of halogens is 3. The number of sulfonamides is 1. The van der Waals surface area contributed by atoms with Crippen LogP contribution in [0.3, 0.4) is 0 Å². The maximum atomic E-state index is 13.0. The second-order valence-electron chi connectivity index (χ2n) is 6.76. The summed E-state index contributed by atoms with van der Waals surface area (Å²) >= 11 is 0. The molecule has 0 aromatic heterocycles. The SMILES string of the molecule is O=C(N1CCc2cc(S(=O)(=O)N3C=NC(c4ccccc4)C3)ccc21)C(F)(F)F. The average molecular weight is 423 g/mol. The molecule has 2 aromatic rings. The molecule has 29 heavy (non-hydrogen) atoms. The van der Waals surface area contributed by atoms with Crippen LogP contribution in [0.5, 0.6) is 0 Å². The first-order chi connectivity index (χ1) is 13.7. The predicted octanol–water partition coefficient (Wildman–Crippen LogP) is 2.91. The van der Waals surface area contributed by atoms with E-state index in [0.717, 1.165) is 9.87 Å². The molecular weight excluding hydrogens is 407 g/mol. The quantitative estimate of drug-likeness (QED) is 0.762. The van der Waals surface area contributed by atoms with Crippen molar-refractivity contribution in [1.82, 2.24) is 4.31 Å². The van der Waals surface area contributed by atoms with E-state index in [4.69, 9.17) is 0 Å². The van der Waals surface area contributed by atoms with Crippen molar-refractivity contribution in [1.29, 1.82) is 0 Å². The molecule has 0 aliphatic carbocycles. The maximum Gasteiger partial charge on any atom is 0.471 e. The van der Waals surface area contributed by atoms with Gasteiger partial charge in [-0.15, -0.1) is 0 Å². The van der Waals surface area contributed by atoms with Crippen LogP contribution in [0.1, 0.15) is 17.2 Å². The van der Waals surface area contributed by atoms with Crippen LogP contribution >= 0.6 is 0 Å². The molecule has 4 rings (SSSR count). The maximum absolute atomic E-state index is 13.0. The Kier molecular flexibility index (Phi) is 4.60. The Balaban J connectivity index is 1.57. The van der Waals surface area contributed by atoms with Crippen LogP contribution in [0.25, 0.3) is 0 Å². The highest BCUT2D eigenvalue weighted by molar-refractivity contribution is 7.89. The lowest BCUT2D eigenvalue weighted by Crippen LogP contribution is -2.40. The van der Waals surface area contributed by atoms with E-state index in [0.29, 0.717) is 10.5 Å². The molecule has 2 aromatic carbocycles. The molecule has 152 valence electrons. The van der Waals surface area contributed by atoms with Crippen LogP contribution in [0.2, 0.25) is 0 Å². The molecule has 0 radical (unpaired) electrons. The minimum Gasteiger partial charge on any atom is -0.304 e. The van der Waals surface area contributed by atoms with Gasteiger partial charge in [-0.25, -0.2) is 8.42 Å². The number of nitrogens with zero attached hydrogens (tertiary/aromatic N) is 3. The molecule has 1 unspecified atom stereocenters. The third kappa shape index (κ3) is 3.48. The topological polar surface area (TPSA) is 70.1 Å². The molecule has 0 spiro atoms. The first kappa shape index (κ1) is 19.4. The summed E-state index contributed by atoms with van der Waals surface area (Å²) in [6, 6.07) is 12.7. The Bertz CT molecular complexity index is 1080. The minimum atomic E-state index is -4.98. The number of carbonyl (C=O) groups is 1. The number of anilines is 1. The van der Waals surface area contributed by atoms with Gasteiger partial charge in [0.1, 0.15) is 6.34 Å². The number of hydrogen-bond acceptors (Lipinski definition) is 4. The largest absolute Gasteiger partial charge is 0.471 e. The number of alkyl halides is 3. The van der Waals surface area contributed by atoms with Gasteiger partial charge < -0.3 is 4.90 Å². The van der Waals surface area contributed by atoms with E-state index < -0.39 is 22.1 Å². The molecular formula is C19H16F3N3O3S. The molecule has 0 saturated heterocycles. The summed E-state index contributed by atoms with van der Waals surface area (Å²) < 4.78 is 65.3. The highest BCUT2D eigenvalue weighted by atomic mass is 32.2. The van der Waals surface area contributed by atoms with E-state index in [-0.39, 0.29) is 36.1 Å². The number of rotatable bonds is 3. The molecule has 1 atom stereocenters. The summed E-state index contributed by atoms with van der Waals surface area (Å²) in [5.41, 5.74) is 1.36. The van der Waals surface area contributed by atoms with Gasteiger partial charge in [-0.2, -0.15) is 13.2 Å².